The Morgan fingerprint density at radius 2 is 1.86 bits per heavy atom. The van der Waals surface area contributed by atoms with Crippen LogP contribution in [0.4, 0.5) is 13.9 Å². The van der Waals surface area contributed by atoms with Gasteiger partial charge in [0.05, 0.1) is 17.3 Å². The predicted molar refractivity (Wildman–Crippen MR) is 107 cm³/mol. The van der Waals surface area contributed by atoms with Gasteiger partial charge in [-0.25, -0.2) is 13.8 Å². The summed E-state index contributed by atoms with van der Waals surface area (Å²) in [5, 5.41) is 0.398. The summed E-state index contributed by atoms with van der Waals surface area (Å²) in [6.07, 6.45) is 0.633. The van der Waals surface area contributed by atoms with Crippen molar-refractivity contribution < 1.29 is 18.3 Å². The van der Waals surface area contributed by atoms with Gasteiger partial charge in [-0.15, -0.1) is 0 Å². The second kappa shape index (κ2) is 8.62. The topological polar surface area (TPSA) is 45.7 Å². The Hall–Kier alpha value is -2.58. The maximum Gasteiger partial charge on any atom is 0.266 e. The lowest BCUT2D eigenvalue weighted by molar-refractivity contribution is 0.0978. The van der Waals surface area contributed by atoms with Crippen LogP contribution in [0.15, 0.2) is 36.4 Å². The first-order valence-corrected chi connectivity index (χ1v) is 9.57. The second-order valence-electron chi connectivity index (χ2n) is 6.54. The quantitative estimate of drug-likeness (QED) is 0.592. The molecular formula is C20H21F2N3O2S. The number of anilines is 1. The summed E-state index contributed by atoms with van der Waals surface area (Å²) < 4.78 is 34.5. The molecule has 2 aromatic carbocycles. The van der Waals surface area contributed by atoms with Gasteiger partial charge in [0, 0.05) is 12.6 Å². The van der Waals surface area contributed by atoms with Gasteiger partial charge in [0.15, 0.2) is 5.13 Å². The third-order valence-electron chi connectivity index (χ3n) is 4.22. The molecule has 0 spiro atoms. The minimum absolute atomic E-state index is 0.293. The largest absolute Gasteiger partial charge is 0.497 e. The van der Waals surface area contributed by atoms with Gasteiger partial charge in [-0.05, 0) is 51.3 Å². The Bertz CT molecular complexity index is 970. The predicted octanol–water partition coefficient (Wildman–Crippen LogP) is 4.18. The van der Waals surface area contributed by atoms with Gasteiger partial charge in [0.2, 0.25) is 0 Å². The van der Waals surface area contributed by atoms with Gasteiger partial charge in [0.1, 0.15) is 22.9 Å². The minimum Gasteiger partial charge on any atom is -0.497 e. The number of thiazole rings is 1. The number of carbonyl (C=O) groups excluding carboxylic acids is 1. The first-order valence-electron chi connectivity index (χ1n) is 8.76. The van der Waals surface area contributed by atoms with Crippen LogP contribution in [-0.2, 0) is 0 Å². The Morgan fingerprint density at radius 3 is 2.50 bits per heavy atom. The Morgan fingerprint density at radius 1 is 1.14 bits per heavy atom. The van der Waals surface area contributed by atoms with Crippen LogP contribution in [0.3, 0.4) is 0 Å². The highest BCUT2D eigenvalue weighted by atomic mass is 32.1. The summed E-state index contributed by atoms with van der Waals surface area (Å²) in [7, 11) is 5.41. The molecule has 0 atom stereocenters. The number of aromatic nitrogens is 1. The van der Waals surface area contributed by atoms with Crippen LogP contribution >= 0.6 is 11.3 Å². The molecular weight excluding hydrogens is 384 g/mol. The molecule has 0 aliphatic heterocycles. The number of nitrogens with zero attached hydrogens (tertiary/aromatic N) is 3. The van der Waals surface area contributed by atoms with E-state index in [1.54, 1.807) is 19.2 Å². The summed E-state index contributed by atoms with van der Waals surface area (Å²) in [5.74, 6) is -1.86. The fourth-order valence-electron chi connectivity index (χ4n) is 2.80. The van der Waals surface area contributed by atoms with Gasteiger partial charge in [0.25, 0.3) is 5.91 Å². The van der Waals surface area contributed by atoms with E-state index in [9.17, 15) is 13.6 Å². The van der Waals surface area contributed by atoms with Crippen molar-refractivity contribution in [2.24, 2.45) is 0 Å². The number of amides is 1. The van der Waals surface area contributed by atoms with Crippen molar-refractivity contribution >= 4 is 32.6 Å². The number of rotatable bonds is 7. The van der Waals surface area contributed by atoms with E-state index in [-0.39, 0.29) is 0 Å². The first kappa shape index (κ1) is 20.2. The molecule has 5 nitrogen and oxygen atoms in total. The van der Waals surface area contributed by atoms with E-state index in [1.807, 2.05) is 25.1 Å². The zero-order valence-corrected chi connectivity index (χ0v) is 16.7. The number of fused-ring (bicyclic) bond motifs is 1. The van der Waals surface area contributed by atoms with Gasteiger partial charge < -0.3 is 9.64 Å². The van der Waals surface area contributed by atoms with E-state index < -0.39 is 23.1 Å². The van der Waals surface area contributed by atoms with E-state index in [0.29, 0.717) is 29.4 Å². The lowest BCUT2D eigenvalue weighted by Crippen LogP contribution is -2.34. The van der Waals surface area contributed by atoms with Crippen molar-refractivity contribution in [3.63, 3.8) is 0 Å². The molecule has 0 aliphatic rings. The summed E-state index contributed by atoms with van der Waals surface area (Å²) in [5.41, 5.74) is 0.1000. The van der Waals surface area contributed by atoms with Crippen molar-refractivity contribution in [2.75, 3.05) is 39.2 Å². The standard InChI is InChI=1S/C20H21F2N3O2S/c1-24(2)10-5-11-25(19(26)18-14(21)6-4-7-15(18)22)20-23-16-12-13(27-3)8-9-17(16)28-20/h4,6-9,12H,5,10-11H2,1-3H3. The van der Waals surface area contributed by atoms with Crippen molar-refractivity contribution in [3.05, 3.63) is 53.6 Å². The van der Waals surface area contributed by atoms with Gasteiger partial charge in [-0.3, -0.25) is 9.69 Å². The summed E-state index contributed by atoms with van der Waals surface area (Å²) >= 11 is 1.30. The van der Waals surface area contributed by atoms with Crippen LogP contribution in [0, 0.1) is 11.6 Å². The fraction of sp³-hybridized carbons (Fsp3) is 0.300. The average molecular weight is 405 g/mol. The van der Waals surface area contributed by atoms with E-state index >= 15 is 0 Å². The normalized spacial score (nSPS) is 11.2. The smallest absolute Gasteiger partial charge is 0.266 e. The summed E-state index contributed by atoms with van der Waals surface area (Å²) in [6.45, 7) is 1.02. The van der Waals surface area contributed by atoms with E-state index in [4.69, 9.17) is 4.74 Å². The molecule has 3 rings (SSSR count). The molecule has 8 heteroatoms. The van der Waals surface area contributed by atoms with Crippen molar-refractivity contribution in [2.45, 2.75) is 6.42 Å². The Balaban J connectivity index is 2.00. The molecule has 28 heavy (non-hydrogen) atoms. The SMILES string of the molecule is COc1ccc2sc(N(CCCN(C)C)C(=O)c3c(F)cccc3F)nc2c1. The molecule has 1 aromatic heterocycles. The fourth-order valence-corrected chi connectivity index (χ4v) is 3.77. The molecule has 0 saturated carbocycles. The van der Waals surface area contributed by atoms with Crippen LogP contribution in [-0.4, -0.2) is 50.1 Å². The summed E-state index contributed by atoms with van der Waals surface area (Å²) in [4.78, 5) is 20.9. The van der Waals surface area contributed by atoms with Crippen LogP contribution in [0.5, 0.6) is 5.75 Å². The lowest BCUT2D eigenvalue weighted by Gasteiger charge is -2.21. The van der Waals surface area contributed by atoms with Crippen molar-refractivity contribution in [1.82, 2.24) is 9.88 Å². The molecule has 0 bridgehead atoms. The van der Waals surface area contributed by atoms with Crippen LogP contribution in [0.25, 0.3) is 10.2 Å². The first-order chi connectivity index (χ1) is 13.4. The van der Waals surface area contributed by atoms with Gasteiger partial charge >= 0.3 is 0 Å². The molecule has 0 unspecified atom stereocenters. The number of ether oxygens (including phenoxy) is 1. The molecule has 0 fully saturated rings. The number of benzene rings is 2. The maximum atomic E-state index is 14.2. The van der Waals surface area contributed by atoms with Gasteiger partial charge in [-0.1, -0.05) is 17.4 Å². The molecule has 0 radical (unpaired) electrons. The molecule has 148 valence electrons. The van der Waals surface area contributed by atoms with Crippen LogP contribution < -0.4 is 9.64 Å². The van der Waals surface area contributed by atoms with Crippen LogP contribution in [0.2, 0.25) is 0 Å². The zero-order chi connectivity index (χ0) is 20.3. The van der Waals surface area contributed by atoms with E-state index in [0.717, 1.165) is 23.4 Å². The zero-order valence-electron chi connectivity index (χ0n) is 15.9. The average Bonchev–Trinajstić information content (AvgIpc) is 3.07. The third-order valence-corrected chi connectivity index (χ3v) is 5.28. The van der Waals surface area contributed by atoms with E-state index in [2.05, 4.69) is 4.98 Å². The number of carbonyl (C=O) groups is 1. The van der Waals surface area contributed by atoms with Crippen molar-refractivity contribution in [1.29, 1.82) is 0 Å². The number of hydrogen-bond donors (Lipinski definition) is 0. The number of hydrogen-bond acceptors (Lipinski definition) is 5. The summed E-state index contributed by atoms with van der Waals surface area (Å²) in [6, 6.07) is 8.82. The lowest BCUT2D eigenvalue weighted by atomic mass is 10.1. The number of halogens is 2. The van der Waals surface area contributed by atoms with Crippen molar-refractivity contribution in [3.8, 4) is 5.75 Å². The van der Waals surface area contributed by atoms with E-state index in [1.165, 1.54) is 22.3 Å². The Kier molecular flexibility index (Phi) is 6.21. The highest BCUT2D eigenvalue weighted by molar-refractivity contribution is 7.22. The highest BCUT2D eigenvalue weighted by Crippen LogP contribution is 2.32. The monoisotopic (exact) mass is 405 g/mol. The van der Waals surface area contributed by atoms with Gasteiger partial charge in [-0.2, -0.15) is 0 Å². The number of methoxy groups -OCH3 is 1. The molecule has 0 saturated heterocycles. The third kappa shape index (κ3) is 4.28. The second-order valence-corrected chi connectivity index (χ2v) is 7.55. The maximum absolute atomic E-state index is 14.2. The molecule has 0 aliphatic carbocycles. The molecule has 1 heterocycles. The Labute approximate surface area is 166 Å². The highest BCUT2D eigenvalue weighted by Gasteiger charge is 2.26. The minimum atomic E-state index is -0.884. The molecule has 1 amide bonds. The molecule has 3 aromatic rings. The van der Waals surface area contributed by atoms with Crippen LogP contribution in [0.1, 0.15) is 16.8 Å². The molecule has 0 N–H and O–H groups in total.